The molecule has 0 aromatic heterocycles. The smallest absolute Gasteiger partial charge is 0.0684 e. The van der Waals surface area contributed by atoms with Crippen LogP contribution in [0.15, 0.2) is 5.10 Å². The lowest BCUT2D eigenvalue weighted by Gasteiger charge is -2.21. The van der Waals surface area contributed by atoms with E-state index in [2.05, 4.69) is 10.5 Å². The molecule has 0 aromatic carbocycles. The van der Waals surface area contributed by atoms with Crippen molar-refractivity contribution in [2.45, 2.75) is 25.3 Å². The Balaban J connectivity index is 1.73. The van der Waals surface area contributed by atoms with Gasteiger partial charge in [0.15, 0.2) is 0 Å². The number of hydrogen-bond donors (Lipinski definition) is 1. The lowest BCUT2D eigenvalue weighted by Crippen LogP contribution is -2.34. The molecule has 13 heavy (non-hydrogen) atoms. The van der Waals surface area contributed by atoms with Crippen molar-refractivity contribution >= 4 is 17.5 Å². The molecule has 2 saturated heterocycles. The third-order valence-electron chi connectivity index (χ3n) is 2.37. The Hall–Kier alpha value is -0.220. The largest absolute Gasteiger partial charge is 0.379 e. The number of rotatable bonds is 2. The fourth-order valence-electron chi connectivity index (χ4n) is 1.57. The van der Waals surface area contributed by atoms with Crippen LogP contribution in [0.3, 0.4) is 0 Å². The van der Waals surface area contributed by atoms with E-state index in [9.17, 15) is 0 Å². The average Bonchev–Trinajstić information content (AvgIpc) is 2.69. The zero-order chi connectivity index (χ0) is 8.93. The lowest BCUT2D eigenvalue weighted by atomic mass is 10.1. The molecule has 1 atom stereocenters. The van der Waals surface area contributed by atoms with Crippen molar-refractivity contribution in [1.29, 1.82) is 0 Å². The maximum Gasteiger partial charge on any atom is 0.0684 e. The van der Waals surface area contributed by atoms with Gasteiger partial charge in [0.2, 0.25) is 0 Å². The third kappa shape index (κ3) is 2.88. The summed E-state index contributed by atoms with van der Waals surface area (Å²) in [5, 5.41) is 4.41. The molecule has 2 heterocycles. The van der Waals surface area contributed by atoms with E-state index in [0.29, 0.717) is 6.04 Å². The molecular formula is C9H16N2OS. The number of nitrogens with one attached hydrogen (secondary N) is 1. The maximum atomic E-state index is 5.36. The van der Waals surface area contributed by atoms with Crippen LogP contribution in [0, 0.1) is 0 Å². The molecule has 0 aromatic rings. The van der Waals surface area contributed by atoms with Crippen LogP contribution >= 0.6 is 11.8 Å². The van der Waals surface area contributed by atoms with E-state index in [1.807, 2.05) is 11.8 Å². The van der Waals surface area contributed by atoms with Crippen LogP contribution in [0.5, 0.6) is 0 Å². The molecule has 0 aliphatic carbocycles. The van der Waals surface area contributed by atoms with Gasteiger partial charge in [-0.3, -0.25) is 0 Å². The predicted molar refractivity (Wildman–Crippen MR) is 56.4 cm³/mol. The first-order valence-corrected chi connectivity index (χ1v) is 6.07. The minimum Gasteiger partial charge on any atom is -0.379 e. The van der Waals surface area contributed by atoms with Crippen molar-refractivity contribution < 1.29 is 4.74 Å². The van der Waals surface area contributed by atoms with Crippen LogP contribution in [0.2, 0.25) is 0 Å². The molecule has 4 heteroatoms. The first-order valence-electron chi connectivity index (χ1n) is 4.91. The van der Waals surface area contributed by atoms with Crippen LogP contribution in [0.25, 0.3) is 0 Å². The van der Waals surface area contributed by atoms with Crippen LogP contribution in [0.1, 0.15) is 19.3 Å². The van der Waals surface area contributed by atoms with Gasteiger partial charge >= 0.3 is 0 Å². The van der Waals surface area contributed by atoms with Gasteiger partial charge in [-0.2, -0.15) is 16.9 Å². The summed E-state index contributed by atoms with van der Waals surface area (Å²) in [4.78, 5) is 0. The van der Waals surface area contributed by atoms with Gasteiger partial charge in [-0.05, 0) is 25.0 Å². The highest BCUT2D eigenvalue weighted by Gasteiger charge is 2.13. The Morgan fingerprint density at radius 1 is 1.54 bits per heavy atom. The van der Waals surface area contributed by atoms with Gasteiger partial charge in [0.05, 0.1) is 12.6 Å². The fraction of sp³-hybridized carbons (Fsp3) is 0.889. The van der Waals surface area contributed by atoms with Crippen molar-refractivity contribution in [2.75, 3.05) is 24.7 Å². The van der Waals surface area contributed by atoms with E-state index in [-0.39, 0.29) is 0 Å². The van der Waals surface area contributed by atoms with E-state index >= 15 is 0 Å². The predicted octanol–water partition coefficient (Wildman–Crippen LogP) is 1.25. The number of thioether (sulfide) groups is 1. The molecule has 0 amide bonds. The zero-order valence-electron chi connectivity index (χ0n) is 7.79. The van der Waals surface area contributed by atoms with Crippen LogP contribution in [-0.2, 0) is 4.74 Å². The molecule has 0 bridgehead atoms. The number of ether oxygens (including phenoxy) is 1. The zero-order valence-corrected chi connectivity index (χ0v) is 8.61. The minimum atomic E-state index is 0.451. The molecule has 0 saturated carbocycles. The monoisotopic (exact) mass is 200 g/mol. The molecule has 74 valence electrons. The second kappa shape index (κ2) is 4.86. The van der Waals surface area contributed by atoms with Gasteiger partial charge in [0.1, 0.15) is 0 Å². The summed E-state index contributed by atoms with van der Waals surface area (Å²) in [6.07, 6.45) is 3.52. The van der Waals surface area contributed by atoms with Gasteiger partial charge in [0.25, 0.3) is 0 Å². The summed E-state index contributed by atoms with van der Waals surface area (Å²) >= 11 is 1.97. The van der Waals surface area contributed by atoms with Crippen molar-refractivity contribution in [3.63, 3.8) is 0 Å². The Morgan fingerprint density at radius 2 is 2.54 bits per heavy atom. The molecular weight excluding hydrogens is 184 g/mol. The van der Waals surface area contributed by atoms with E-state index in [4.69, 9.17) is 4.74 Å². The molecule has 1 unspecified atom stereocenters. The number of nitrogens with zero attached hydrogens (tertiary/aromatic N) is 1. The summed E-state index contributed by atoms with van der Waals surface area (Å²) in [7, 11) is 0. The maximum absolute atomic E-state index is 5.36. The summed E-state index contributed by atoms with van der Waals surface area (Å²) in [5.74, 6) is 2.35. The first kappa shape index (κ1) is 9.34. The average molecular weight is 200 g/mol. The van der Waals surface area contributed by atoms with Gasteiger partial charge in [-0.25, -0.2) is 0 Å². The molecule has 3 nitrogen and oxygen atoms in total. The Kier molecular flexibility index (Phi) is 3.49. The van der Waals surface area contributed by atoms with Crippen LogP contribution in [0.4, 0.5) is 0 Å². The van der Waals surface area contributed by atoms with E-state index in [1.165, 1.54) is 17.9 Å². The highest BCUT2D eigenvalue weighted by Crippen LogP contribution is 2.14. The number of hydrazone groups is 1. The fourth-order valence-corrected chi connectivity index (χ4v) is 2.53. The lowest BCUT2D eigenvalue weighted by molar-refractivity contribution is 0.0709. The highest BCUT2D eigenvalue weighted by molar-refractivity contribution is 8.00. The van der Waals surface area contributed by atoms with Gasteiger partial charge in [0, 0.05) is 18.1 Å². The Morgan fingerprint density at radius 3 is 3.23 bits per heavy atom. The topological polar surface area (TPSA) is 33.6 Å². The van der Waals surface area contributed by atoms with E-state index < -0.39 is 0 Å². The molecule has 2 rings (SSSR count). The molecule has 2 fully saturated rings. The summed E-state index contributed by atoms with van der Waals surface area (Å²) < 4.78 is 5.36. The summed E-state index contributed by atoms with van der Waals surface area (Å²) in [5.41, 5.74) is 4.53. The normalized spacial score (nSPS) is 32.3. The van der Waals surface area contributed by atoms with Crippen molar-refractivity contribution in [2.24, 2.45) is 5.10 Å². The minimum absolute atomic E-state index is 0.451. The molecule has 1 N–H and O–H groups in total. The van der Waals surface area contributed by atoms with E-state index in [0.717, 1.165) is 31.8 Å². The van der Waals surface area contributed by atoms with Crippen LogP contribution in [-0.4, -0.2) is 36.5 Å². The standard InChI is InChI=1S/C9H16N2OS/c1-2-8(6-12-4-1)10-11-9-3-5-13-7-9/h8,10H,1-7H2/b11-9+. The Labute approximate surface area is 83.3 Å². The van der Waals surface area contributed by atoms with Crippen molar-refractivity contribution in [3.05, 3.63) is 0 Å². The Bertz CT molecular complexity index is 182. The highest BCUT2D eigenvalue weighted by atomic mass is 32.2. The third-order valence-corrected chi connectivity index (χ3v) is 3.40. The van der Waals surface area contributed by atoms with Crippen molar-refractivity contribution in [3.8, 4) is 0 Å². The second-order valence-electron chi connectivity index (χ2n) is 3.52. The van der Waals surface area contributed by atoms with Crippen molar-refractivity contribution in [1.82, 2.24) is 5.43 Å². The summed E-state index contributed by atoms with van der Waals surface area (Å²) in [6, 6.07) is 0.451. The van der Waals surface area contributed by atoms with Gasteiger partial charge in [-0.15, -0.1) is 0 Å². The first-order chi connectivity index (χ1) is 6.45. The van der Waals surface area contributed by atoms with Gasteiger partial charge in [-0.1, -0.05) is 0 Å². The number of hydrogen-bond acceptors (Lipinski definition) is 4. The quantitative estimate of drug-likeness (QED) is 0.681. The SMILES string of the molecule is C1COCC(N/N=C2\CCSC2)C1. The summed E-state index contributed by atoms with van der Waals surface area (Å²) in [6.45, 7) is 1.74. The molecule has 2 aliphatic heterocycles. The molecule has 0 spiro atoms. The van der Waals surface area contributed by atoms with Crippen LogP contribution < -0.4 is 5.43 Å². The van der Waals surface area contributed by atoms with E-state index in [1.54, 1.807) is 0 Å². The molecule has 0 radical (unpaired) electrons. The van der Waals surface area contributed by atoms with Gasteiger partial charge < -0.3 is 10.2 Å². The second-order valence-corrected chi connectivity index (χ2v) is 4.63. The molecule has 2 aliphatic rings.